The smallest absolute Gasteiger partial charge is 0.356 e. The van der Waals surface area contributed by atoms with E-state index in [4.69, 9.17) is 5.73 Å². The van der Waals surface area contributed by atoms with Gasteiger partial charge in [-0.15, -0.1) is 0 Å². The van der Waals surface area contributed by atoms with E-state index in [0.29, 0.717) is 11.6 Å². The number of aromatic nitrogens is 1. The molecule has 17 heavy (non-hydrogen) atoms. The van der Waals surface area contributed by atoms with Crippen molar-refractivity contribution in [1.29, 1.82) is 0 Å². The molecular weight excluding hydrogens is 218 g/mol. The SMILES string of the molecule is COC(=O)c1cc(NCC(N)C2CC2)ccn1. The largest absolute Gasteiger partial charge is 0.464 e. The van der Waals surface area contributed by atoms with Crippen LogP contribution in [0.5, 0.6) is 0 Å². The Balaban J connectivity index is 1.93. The van der Waals surface area contributed by atoms with Crippen LogP contribution in [0.25, 0.3) is 0 Å². The van der Waals surface area contributed by atoms with Crippen LogP contribution < -0.4 is 11.1 Å². The number of carbonyl (C=O) groups excluding carboxylic acids is 1. The standard InChI is InChI=1S/C12H17N3O2/c1-17-12(16)11-6-9(4-5-14-11)15-7-10(13)8-2-3-8/h4-6,8,10H,2-3,7,13H2,1H3,(H,14,15). The molecule has 0 bridgehead atoms. The highest BCUT2D eigenvalue weighted by Gasteiger charge is 2.28. The van der Waals surface area contributed by atoms with E-state index in [-0.39, 0.29) is 6.04 Å². The molecule has 1 aliphatic rings. The summed E-state index contributed by atoms with van der Waals surface area (Å²) in [6, 6.07) is 3.67. The topological polar surface area (TPSA) is 77.2 Å². The Bertz CT molecular complexity index is 404. The van der Waals surface area contributed by atoms with E-state index in [0.717, 1.165) is 12.2 Å². The third-order valence-corrected chi connectivity index (χ3v) is 2.92. The number of esters is 1. The number of hydrogen-bond acceptors (Lipinski definition) is 5. The van der Waals surface area contributed by atoms with Crippen LogP contribution in [0, 0.1) is 5.92 Å². The summed E-state index contributed by atoms with van der Waals surface area (Å²) in [5, 5.41) is 3.21. The second-order valence-electron chi connectivity index (χ2n) is 4.30. The average Bonchev–Trinajstić information content (AvgIpc) is 3.19. The normalized spacial score (nSPS) is 16.4. The Morgan fingerprint density at radius 1 is 1.71 bits per heavy atom. The van der Waals surface area contributed by atoms with Gasteiger partial charge in [0.05, 0.1) is 7.11 Å². The Morgan fingerprint density at radius 2 is 2.47 bits per heavy atom. The van der Waals surface area contributed by atoms with Crippen molar-refractivity contribution in [3.05, 3.63) is 24.0 Å². The number of pyridine rings is 1. The first kappa shape index (κ1) is 11.9. The number of anilines is 1. The molecule has 2 rings (SSSR count). The minimum absolute atomic E-state index is 0.185. The summed E-state index contributed by atoms with van der Waals surface area (Å²) < 4.78 is 4.61. The Morgan fingerprint density at radius 3 is 3.12 bits per heavy atom. The lowest BCUT2D eigenvalue weighted by molar-refractivity contribution is 0.0594. The Kier molecular flexibility index (Phi) is 3.58. The average molecular weight is 235 g/mol. The first-order valence-electron chi connectivity index (χ1n) is 5.74. The van der Waals surface area contributed by atoms with Crippen molar-refractivity contribution >= 4 is 11.7 Å². The van der Waals surface area contributed by atoms with Crippen molar-refractivity contribution in [3.63, 3.8) is 0 Å². The Hall–Kier alpha value is -1.62. The summed E-state index contributed by atoms with van der Waals surface area (Å²) in [4.78, 5) is 15.2. The van der Waals surface area contributed by atoms with Gasteiger partial charge >= 0.3 is 5.97 Å². The second-order valence-corrected chi connectivity index (χ2v) is 4.30. The summed E-state index contributed by atoms with van der Waals surface area (Å²) >= 11 is 0. The van der Waals surface area contributed by atoms with Gasteiger partial charge in [0, 0.05) is 24.5 Å². The number of hydrogen-bond donors (Lipinski definition) is 2. The highest BCUT2D eigenvalue weighted by Crippen LogP contribution is 2.31. The predicted molar refractivity (Wildman–Crippen MR) is 64.8 cm³/mol. The zero-order valence-electron chi connectivity index (χ0n) is 9.85. The van der Waals surface area contributed by atoms with Gasteiger partial charge in [0.1, 0.15) is 5.69 Å². The summed E-state index contributed by atoms with van der Waals surface area (Å²) in [5.74, 6) is 0.226. The van der Waals surface area contributed by atoms with Gasteiger partial charge in [-0.1, -0.05) is 0 Å². The van der Waals surface area contributed by atoms with Gasteiger partial charge in [-0.2, -0.15) is 0 Å². The number of methoxy groups -OCH3 is 1. The van der Waals surface area contributed by atoms with E-state index in [1.165, 1.54) is 20.0 Å². The van der Waals surface area contributed by atoms with Crippen LogP contribution in [0.2, 0.25) is 0 Å². The number of carbonyl (C=O) groups is 1. The third kappa shape index (κ3) is 3.17. The van der Waals surface area contributed by atoms with Crippen LogP contribution in [0.1, 0.15) is 23.3 Å². The fraction of sp³-hybridized carbons (Fsp3) is 0.500. The predicted octanol–water partition coefficient (Wildman–Crippen LogP) is 1.02. The van der Waals surface area contributed by atoms with Crippen LogP contribution in [-0.2, 0) is 4.74 Å². The van der Waals surface area contributed by atoms with Crippen molar-refractivity contribution in [2.45, 2.75) is 18.9 Å². The zero-order valence-corrected chi connectivity index (χ0v) is 9.85. The molecule has 0 spiro atoms. The molecule has 1 unspecified atom stereocenters. The van der Waals surface area contributed by atoms with Crippen molar-refractivity contribution in [2.75, 3.05) is 19.0 Å². The first-order valence-corrected chi connectivity index (χ1v) is 5.74. The summed E-state index contributed by atoms with van der Waals surface area (Å²) in [7, 11) is 1.34. The number of nitrogens with one attached hydrogen (secondary N) is 1. The zero-order chi connectivity index (χ0) is 12.3. The summed E-state index contributed by atoms with van der Waals surface area (Å²) in [5.41, 5.74) is 7.13. The van der Waals surface area contributed by atoms with Gasteiger partial charge in [0.2, 0.25) is 0 Å². The first-order chi connectivity index (χ1) is 8.20. The van der Waals surface area contributed by atoms with Gasteiger partial charge in [0.15, 0.2) is 0 Å². The van der Waals surface area contributed by atoms with Crippen LogP contribution in [0.3, 0.4) is 0 Å². The molecule has 0 amide bonds. The maximum Gasteiger partial charge on any atom is 0.356 e. The molecule has 1 aromatic rings. The lowest BCUT2D eigenvalue weighted by Gasteiger charge is -2.12. The molecule has 92 valence electrons. The van der Waals surface area contributed by atoms with Crippen molar-refractivity contribution in [1.82, 2.24) is 4.98 Å². The monoisotopic (exact) mass is 235 g/mol. The molecule has 1 heterocycles. The molecule has 0 radical (unpaired) electrons. The van der Waals surface area contributed by atoms with E-state index < -0.39 is 5.97 Å². The molecule has 1 aliphatic carbocycles. The third-order valence-electron chi connectivity index (χ3n) is 2.92. The quantitative estimate of drug-likeness (QED) is 0.745. The highest BCUT2D eigenvalue weighted by atomic mass is 16.5. The molecule has 0 aliphatic heterocycles. The molecule has 1 atom stereocenters. The molecule has 1 saturated carbocycles. The van der Waals surface area contributed by atoms with Gasteiger partial charge in [0.25, 0.3) is 0 Å². The highest BCUT2D eigenvalue weighted by molar-refractivity contribution is 5.88. The van der Waals surface area contributed by atoms with Gasteiger partial charge in [-0.05, 0) is 30.9 Å². The number of nitrogens with zero attached hydrogens (tertiary/aromatic N) is 1. The number of rotatable bonds is 5. The van der Waals surface area contributed by atoms with Crippen LogP contribution in [0.4, 0.5) is 5.69 Å². The van der Waals surface area contributed by atoms with E-state index in [2.05, 4.69) is 15.0 Å². The molecule has 1 aromatic heterocycles. The van der Waals surface area contributed by atoms with Gasteiger partial charge < -0.3 is 15.8 Å². The molecular formula is C12H17N3O2. The van der Waals surface area contributed by atoms with Gasteiger partial charge in [-0.25, -0.2) is 9.78 Å². The fourth-order valence-electron chi connectivity index (χ4n) is 1.68. The molecule has 0 saturated heterocycles. The maximum absolute atomic E-state index is 11.3. The van der Waals surface area contributed by atoms with E-state index in [9.17, 15) is 4.79 Å². The number of ether oxygens (including phenoxy) is 1. The number of nitrogens with two attached hydrogens (primary N) is 1. The van der Waals surface area contributed by atoms with E-state index in [1.54, 1.807) is 12.3 Å². The minimum atomic E-state index is -0.430. The molecule has 3 N–H and O–H groups in total. The summed E-state index contributed by atoms with van der Waals surface area (Å²) in [6.07, 6.45) is 4.04. The van der Waals surface area contributed by atoms with Crippen molar-refractivity contribution in [3.8, 4) is 0 Å². The molecule has 0 aromatic carbocycles. The lowest BCUT2D eigenvalue weighted by atomic mass is 10.2. The molecule has 5 nitrogen and oxygen atoms in total. The van der Waals surface area contributed by atoms with E-state index >= 15 is 0 Å². The minimum Gasteiger partial charge on any atom is -0.464 e. The van der Waals surface area contributed by atoms with Crippen molar-refractivity contribution in [2.24, 2.45) is 11.7 Å². The van der Waals surface area contributed by atoms with Crippen molar-refractivity contribution < 1.29 is 9.53 Å². The maximum atomic E-state index is 11.3. The van der Waals surface area contributed by atoms with Crippen LogP contribution in [0.15, 0.2) is 18.3 Å². The van der Waals surface area contributed by atoms with Crippen LogP contribution in [-0.4, -0.2) is 30.6 Å². The lowest BCUT2D eigenvalue weighted by Crippen LogP contribution is -2.31. The summed E-state index contributed by atoms with van der Waals surface area (Å²) in [6.45, 7) is 0.718. The van der Waals surface area contributed by atoms with Gasteiger partial charge in [-0.3, -0.25) is 0 Å². The van der Waals surface area contributed by atoms with E-state index in [1.807, 2.05) is 6.07 Å². The molecule has 1 fully saturated rings. The molecule has 5 heteroatoms. The Labute approximate surface area is 100 Å². The second kappa shape index (κ2) is 5.14. The van der Waals surface area contributed by atoms with Crippen LogP contribution >= 0.6 is 0 Å². The fourth-order valence-corrected chi connectivity index (χ4v) is 1.68.